The van der Waals surface area contributed by atoms with Crippen LogP contribution in [0.5, 0.6) is 0 Å². The first-order chi connectivity index (χ1) is 11.1. The van der Waals surface area contributed by atoms with Gasteiger partial charge < -0.3 is 10.0 Å². The number of nitrogens with zero attached hydrogens (tertiary/aromatic N) is 2. The van der Waals surface area contributed by atoms with Gasteiger partial charge >= 0.3 is 0 Å². The van der Waals surface area contributed by atoms with Crippen LogP contribution in [0.4, 0.5) is 5.69 Å². The molecule has 1 fully saturated rings. The Kier molecular flexibility index (Phi) is 5.44. The maximum Gasteiger partial charge on any atom is 0.0916 e. The maximum absolute atomic E-state index is 10.3. The number of rotatable bonds is 4. The van der Waals surface area contributed by atoms with Crippen LogP contribution in [0.25, 0.3) is 0 Å². The van der Waals surface area contributed by atoms with Gasteiger partial charge in [-0.25, -0.2) is 0 Å². The lowest BCUT2D eigenvalue weighted by Gasteiger charge is -2.37. The van der Waals surface area contributed by atoms with E-state index in [4.69, 9.17) is 23.2 Å². The molecule has 3 rings (SSSR count). The summed E-state index contributed by atoms with van der Waals surface area (Å²) in [6, 6.07) is 15.4. The minimum absolute atomic E-state index is 0.443. The van der Waals surface area contributed by atoms with Gasteiger partial charge in [-0.2, -0.15) is 0 Å². The lowest BCUT2D eigenvalue weighted by molar-refractivity contribution is 0.109. The van der Waals surface area contributed by atoms with E-state index >= 15 is 0 Å². The van der Waals surface area contributed by atoms with E-state index in [0.717, 1.165) is 37.4 Å². The number of benzene rings is 2. The van der Waals surface area contributed by atoms with Crippen molar-refractivity contribution in [1.82, 2.24) is 4.90 Å². The van der Waals surface area contributed by atoms with Gasteiger partial charge in [-0.3, -0.25) is 4.90 Å². The molecule has 1 saturated heterocycles. The maximum atomic E-state index is 10.3. The molecule has 0 aromatic heterocycles. The van der Waals surface area contributed by atoms with E-state index in [1.54, 1.807) is 6.07 Å². The highest BCUT2D eigenvalue weighted by Gasteiger charge is 2.21. The van der Waals surface area contributed by atoms with Crippen LogP contribution >= 0.6 is 23.2 Å². The van der Waals surface area contributed by atoms with Crippen molar-refractivity contribution >= 4 is 28.9 Å². The molecule has 0 aliphatic carbocycles. The van der Waals surface area contributed by atoms with Gasteiger partial charge in [-0.1, -0.05) is 53.5 Å². The standard InChI is InChI=1S/C18H20Cl2N2O/c19-15-6-7-17(16(20)12-15)22-10-8-21(9-11-22)13-18(23)14-4-2-1-3-5-14/h1-7,12,18,23H,8-11,13H2/t18-/m1/s1. The van der Waals surface area contributed by atoms with Gasteiger partial charge in [-0.05, 0) is 23.8 Å². The topological polar surface area (TPSA) is 26.7 Å². The second-order valence-electron chi connectivity index (χ2n) is 5.81. The number of β-amino-alcohol motifs (C(OH)–C–C–N with tert-alkyl or cyclic N) is 1. The minimum Gasteiger partial charge on any atom is -0.387 e. The smallest absolute Gasteiger partial charge is 0.0916 e. The Morgan fingerprint density at radius 1 is 0.957 bits per heavy atom. The minimum atomic E-state index is -0.443. The van der Waals surface area contributed by atoms with Gasteiger partial charge in [0, 0.05) is 37.7 Å². The number of aliphatic hydroxyl groups is 1. The summed E-state index contributed by atoms with van der Waals surface area (Å²) in [5.41, 5.74) is 2.00. The average molecular weight is 351 g/mol. The first kappa shape index (κ1) is 16.6. The third-order valence-electron chi connectivity index (χ3n) is 4.24. The predicted molar refractivity (Wildman–Crippen MR) is 96.5 cm³/mol. The molecule has 0 saturated carbocycles. The van der Waals surface area contributed by atoms with Crippen molar-refractivity contribution in [3.63, 3.8) is 0 Å². The van der Waals surface area contributed by atoms with Gasteiger partial charge in [-0.15, -0.1) is 0 Å². The van der Waals surface area contributed by atoms with Crippen LogP contribution in [0.2, 0.25) is 10.0 Å². The monoisotopic (exact) mass is 350 g/mol. The van der Waals surface area contributed by atoms with E-state index in [-0.39, 0.29) is 0 Å². The van der Waals surface area contributed by atoms with Crippen molar-refractivity contribution in [1.29, 1.82) is 0 Å². The molecular weight excluding hydrogens is 331 g/mol. The number of aliphatic hydroxyl groups excluding tert-OH is 1. The van der Waals surface area contributed by atoms with Crippen LogP contribution in [-0.2, 0) is 0 Å². The molecule has 1 aliphatic rings. The summed E-state index contributed by atoms with van der Waals surface area (Å²) in [6.07, 6.45) is -0.443. The predicted octanol–water partition coefficient (Wildman–Crippen LogP) is 3.85. The lowest BCUT2D eigenvalue weighted by Crippen LogP contribution is -2.47. The molecule has 1 aliphatic heterocycles. The Hall–Kier alpha value is -1.26. The van der Waals surface area contributed by atoms with E-state index in [9.17, 15) is 5.11 Å². The van der Waals surface area contributed by atoms with Gasteiger partial charge in [0.2, 0.25) is 0 Å². The van der Waals surface area contributed by atoms with Gasteiger partial charge in [0.05, 0.1) is 16.8 Å². The van der Waals surface area contributed by atoms with Crippen LogP contribution in [-0.4, -0.2) is 42.7 Å². The molecule has 122 valence electrons. The summed E-state index contributed by atoms with van der Waals surface area (Å²) in [4.78, 5) is 4.56. The Bertz CT molecular complexity index is 643. The molecule has 1 heterocycles. The molecule has 0 unspecified atom stereocenters. The largest absolute Gasteiger partial charge is 0.387 e. The summed E-state index contributed by atoms with van der Waals surface area (Å²) in [5.74, 6) is 0. The van der Waals surface area contributed by atoms with Crippen LogP contribution in [0, 0.1) is 0 Å². The van der Waals surface area contributed by atoms with Crippen molar-refractivity contribution in [2.75, 3.05) is 37.6 Å². The highest BCUT2D eigenvalue weighted by molar-refractivity contribution is 6.36. The Morgan fingerprint density at radius 3 is 2.30 bits per heavy atom. The van der Waals surface area contributed by atoms with Gasteiger partial charge in [0.25, 0.3) is 0 Å². The summed E-state index contributed by atoms with van der Waals surface area (Å²) < 4.78 is 0. The van der Waals surface area contributed by atoms with Gasteiger partial charge in [0.15, 0.2) is 0 Å². The third kappa shape index (κ3) is 4.18. The molecule has 5 heteroatoms. The molecule has 0 amide bonds. The molecule has 3 nitrogen and oxygen atoms in total. The summed E-state index contributed by atoms with van der Waals surface area (Å²) in [5, 5.41) is 11.7. The normalized spacial score (nSPS) is 17.3. The molecule has 23 heavy (non-hydrogen) atoms. The van der Waals surface area contributed by atoms with Crippen LogP contribution in [0.15, 0.2) is 48.5 Å². The highest BCUT2D eigenvalue weighted by atomic mass is 35.5. The van der Waals surface area contributed by atoms with E-state index in [1.807, 2.05) is 42.5 Å². The van der Waals surface area contributed by atoms with Crippen molar-refractivity contribution in [2.45, 2.75) is 6.10 Å². The zero-order valence-electron chi connectivity index (χ0n) is 12.8. The third-order valence-corrected chi connectivity index (χ3v) is 4.78. The lowest BCUT2D eigenvalue weighted by atomic mass is 10.1. The SMILES string of the molecule is O[C@H](CN1CCN(c2ccc(Cl)cc2Cl)CC1)c1ccccc1. The first-order valence-corrected chi connectivity index (χ1v) is 8.54. The van der Waals surface area contributed by atoms with E-state index in [0.29, 0.717) is 16.6 Å². The van der Waals surface area contributed by atoms with E-state index in [1.165, 1.54) is 0 Å². The molecule has 2 aromatic rings. The summed E-state index contributed by atoms with van der Waals surface area (Å²) >= 11 is 12.2. The summed E-state index contributed by atoms with van der Waals surface area (Å²) in [7, 11) is 0. The second-order valence-corrected chi connectivity index (χ2v) is 6.65. The van der Waals surface area contributed by atoms with Crippen molar-refractivity contribution in [3.8, 4) is 0 Å². The van der Waals surface area contributed by atoms with Crippen molar-refractivity contribution in [3.05, 3.63) is 64.1 Å². The Morgan fingerprint density at radius 2 is 1.65 bits per heavy atom. The average Bonchev–Trinajstić information content (AvgIpc) is 2.57. The second kappa shape index (κ2) is 7.54. The highest BCUT2D eigenvalue weighted by Crippen LogP contribution is 2.29. The van der Waals surface area contributed by atoms with Crippen molar-refractivity contribution in [2.24, 2.45) is 0 Å². The fourth-order valence-corrected chi connectivity index (χ4v) is 3.46. The van der Waals surface area contributed by atoms with Crippen LogP contribution < -0.4 is 4.90 Å². The molecule has 0 spiro atoms. The van der Waals surface area contributed by atoms with E-state index in [2.05, 4.69) is 9.80 Å². The molecule has 2 aromatic carbocycles. The van der Waals surface area contributed by atoms with Crippen LogP contribution in [0.3, 0.4) is 0 Å². The molecule has 1 atom stereocenters. The number of piperazine rings is 1. The van der Waals surface area contributed by atoms with Gasteiger partial charge in [0.1, 0.15) is 0 Å². The number of halogens is 2. The van der Waals surface area contributed by atoms with E-state index < -0.39 is 6.10 Å². The zero-order valence-corrected chi connectivity index (χ0v) is 14.3. The molecule has 0 radical (unpaired) electrons. The molecular formula is C18H20Cl2N2O. The Labute approximate surface area is 147 Å². The fraction of sp³-hybridized carbons (Fsp3) is 0.333. The van der Waals surface area contributed by atoms with Crippen LogP contribution in [0.1, 0.15) is 11.7 Å². The number of anilines is 1. The first-order valence-electron chi connectivity index (χ1n) is 7.79. The molecule has 1 N–H and O–H groups in total. The summed E-state index contributed by atoms with van der Waals surface area (Å²) in [6.45, 7) is 4.25. The molecule has 0 bridgehead atoms. The fourth-order valence-electron chi connectivity index (χ4n) is 2.93. The number of hydrogen-bond acceptors (Lipinski definition) is 3. The quantitative estimate of drug-likeness (QED) is 0.907. The Balaban J connectivity index is 1.56. The number of hydrogen-bond donors (Lipinski definition) is 1. The van der Waals surface area contributed by atoms with Crippen molar-refractivity contribution < 1.29 is 5.11 Å². The zero-order chi connectivity index (χ0) is 16.2.